The zero-order valence-electron chi connectivity index (χ0n) is 13.6. The third-order valence-corrected chi connectivity index (χ3v) is 4.43. The van der Waals surface area contributed by atoms with Crippen molar-refractivity contribution >= 4 is 5.69 Å². The lowest BCUT2D eigenvalue weighted by Crippen LogP contribution is -2.28. The molecule has 2 heterocycles. The molecule has 1 aromatic heterocycles. The fourth-order valence-electron chi connectivity index (χ4n) is 3.20. The Hall–Kier alpha value is -2.75. The highest BCUT2D eigenvalue weighted by Crippen LogP contribution is 2.32. The maximum absolute atomic E-state index is 5.99. The lowest BCUT2D eigenvalue weighted by atomic mass is 10.0. The highest BCUT2D eigenvalue weighted by molar-refractivity contribution is 5.59. The summed E-state index contributed by atoms with van der Waals surface area (Å²) in [5, 5.41) is 0. The monoisotopic (exact) mass is 319 g/mol. The minimum absolute atomic E-state index is 0.596. The maximum Gasteiger partial charge on any atom is 0.121 e. The summed E-state index contributed by atoms with van der Waals surface area (Å²) in [5.74, 6) is 0.923. The third-order valence-electron chi connectivity index (χ3n) is 4.43. The van der Waals surface area contributed by atoms with Crippen LogP contribution in [0.2, 0.25) is 0 Å². The van der Waals surface area contributed by atoms with E-state index in [0.717, 1.165) is 31.0 Å². The molecule has 0 saturated heterocycles. The Labute approximate surface area is 142 Å². The Morgan fingerprint density at radius 2 is 2.04 bits per heavy atom. The van der Waals surface area contributed by atoms with Crippen LogP contribution in [0.3, 0.4) is 0 Å². The number of aryl methyl sites for hydroxylation is 1. The first kappa shape index (κ1) is 14.8. The average Bonchev–Trinajstić information content (AvgIpc) is 3.14. The summed E-state index contributed by atoms with van der Waals surface area (Å²) in [6.45, 7) is 2.49. The van der Waals surface area contributed by atoms with Crippen LogP contribution in [0.4, 0.5) is 5.69 Å². The Balaban J connectivity index is 1.51. The van der Waals surface area contributed by atoms with Crippen LogP contribution in [0, 0.1) is 0 Å². The Morgan fingerprint density at radius 3 is 2.88 bits per heavy atom. The molecular formula is C20H21N3O. The SMILES string of the molecule is c1ccc(COc2ccc3c(c2)N(Cc2c[nH]cn2)CCC3)cc1. The maximum atomic E-state index is 5.99. The van der Waals surface area contributed by atoms with E-state index in [9.17, 15) is 0 Å². The fourth-order valence-corrected chi connectivity index (χ4v) is 3.20. The summed E-state index contributed by atoms with van der Waals surface area (Å²) in [4.78, 5) is 9.78. The van der Waals surface area contributed by atoms with Gasteiger partial charge in [-0.3, -0.25) is 0 Å². The van der Waals surface area contributed by atoms with Crippen LogP contribution >= 0.6 is 0 Å². The molecule has 1 aliphatic rings. The van der Waals surface area contributed by atoms with Crippen LogP contribution in [0.15, 0.2) is 61.1 Å². The van der Waals surface area contributed by atoms with Gasteiger partial charge in [0.2, 0.25) is 0 Å². The zero-order chi connectivity index (χ0) is 16.2. The molecule has 3 aromatic rings. The number of rotatable bonds is 5. The Morgan fingerprint density at radius 1 is 1.12 bits per heavy atom. The summed E-state index contributed by atoms with van der Waals surface area (Å²) in [6, 6.07) is 16.7. The third kappa shape index (κ3) is 3.27. The second-order valence-electron chi connectivity index (χ2n) is 6.15. The molecule has 0 atom stereocenters. The number of aromatic amines is 1. The van der Waals surface area contributed by atoms with E-state index in [1.807, 2.05) is 24.4 Å². The van der Waals surface area contributed by atoms with Gasteiger partial charge in [-0.2, -0.15) is 0 Å². The van der Waals surface area contributed by atoms with Crippen molar-refractivity contribution in [2.24, 2.45) is 0 Å². The van der Waals surface area contributed by atoms with E-state index in [4.69, 9.17) is 4.74 Å². The molecule has 0 spiro atoms. The van der Waals surface area contributed by atoms with Gasteiger partial charge in [0.05, 0.1) is 18.6 Å². The highest BCUT2D eigenvalue weighted by atomic mass is 16.5. The van der Waals surface area contributed by atoms with Gasteiger partial charge in [0, 0.05) is 24.5 Å². The van der Waals surface area contributed by atoms with E-state index < -0.39 is 0 Å². The topological polar surface area (TPSA) is 41.1 Å². The molecule has 4 heteroatoms. The lowest BCUT2D eigenvalue weighted by molar-refractivity contribution is 0.306. The molecule has 0 saturated carbocycles. The first-order valence-corrected chi connectivity index (χ1v) is 8.41. The van der Waals surface area contributed by atoms with Crippen molar-refractivity contribution in [1.82, 2.24) is 9.97 Å². The smallest absolute Gasteiger partial charge is 0.121 e. The van der Waals surface area contributed by atoms with E-state index in [-0.39, 0.29) is 0 Å². The number of fused-ring (bicyclic) bond motifs is 1. The second kappa shape index (κ2) is 6.79. The van der Waals surface area contributed by atoms with Gasteiger partial charge in [-0.05, 0) is 30.0 Å². The first-order valence-electron chi connectivity index (χ1n) is 8.41. The van der Waals surface area contributed by atoms with E-state index >= 15 is 0 Å². The van der Waals surface area contributed by atoms with Crippen LogP contribution in [0.25, 0.3) is 0 Å². The molecule has 0 amide bonds. The van der Waals surface area contributed by atoms with Crippen molar-refractivity contribution in [3.8, 4) is 5.75 Å². The second-order valence-corrected chi connectivity index (χ2v) is 6.15. The highest BCUT2D eigenvalue weighted by Gasteiger charge is 2.18. The number of H-pyrrole nitrogens is 1. The van der Waals surface area contributed by atoms with Crippen LogP contribution in [-0.4, -0.2) is 16.5 Å². The number of anilines is 1. The van der Waals surface area contributed by atoms with Gasteiger partial charge in [0.25, 0.3) is 0 Å². The predicted molar refractivity (Wildman–Crippen MR) is 95.2 cm³/mol. The van der Waals surface area contributed by atoms with Crippen LogP contribution in [0.1, 0.15) is 23.2 Å². The van der Waals surface area contributed by atoms with Gasteiger partial charge in [-0.15, -0.1) is 0 Å². The van der Waals surface area contributed by atoms with Gasteiger partial charge in [0.1, 0.15) is 12.4 Å². The number of nitrogens with zero attached hydrogens (tertiary/aromatic N) is 2. The number of imidazole rings is 1. The number of benzene rings is 2. The predicted octanol–water partition coefficient (Wildman–Crippen LogP) is 3.94. The Bertz CT molecular complexity index is 784. The van der Waals surface area contributed by atoms with Crippen molar-refractivity contribution < 1.29 is 4.74 Å². The molecule has 0 bridgehead atoms. The number of aromatic nitrogens is 2. The molecule has 1 N–H and O–H groups in total. The summed E-state index contributed by atoms with van der Waals surface area (Å²) >= 11 is 0. The van der Waals surface area contributed by atoms with Gasteiger partial charge >= 0.3 is 0 Å². The van der Waals surface area contributed by atoms with E-state index in [1.54, 1.807) is 6.33 Å². The molecule has 4 rings (SSSR count). The summed E-state index contributed by atoms with van der Waals surface area (Å²) in [5.41, 5.74) is 4.92. The number of nitrogens with one attached hydrogen (secondary N) is 1. The first-order chi connectivity index (χ1) is 11.9. The summed E-state index contributed by atoms with van der Waals surface area (Å²) in [7, 11) is 0. The van der Waals surface area contributed by atoms with Crippen molar-refractivity contribution in [3.05, 3.63) is 77.9 Å². The Kier molecular flexibility index (Phi) is 4.19. The fraction of sp³-hybridized carbons (Fsp3) is 0.250. The van der Waals surface area contributed by atoms with Crippen LogP contribution in [0.5, 0.6) is 5.75 Å². The van der Waals surface area contributed by atoms with Crippen molar-refractivity contribution in [1.29, 1.82) is 0 Å². The molecule has 1 aliphatic heterocycles. The van der Waals surface area contributed by atoms with Gasteiger partial charge < -0.3 is 14.6 Å². The van der Waals surface area contributed by atoms with E-state index in [2.05, 4.69) is 45.2 Å². The molecule has 4 nitrogen and oxygen atoms in total. The zero-order valence-corrected chi connectivity index (χ0v) is 13.6. The standard InChI is InChI=1S/C20H21N3O/c1-2-5-16(6-3-1)14-24-19-9-8-17-7-4-10-23(20(17)11-19)13-18-12-21-15-22-18/h1-3,5-6,8-9,11-12,15H,4,7,10,13-14H2,(H,21,22). The molecule has 0 unspecified atom stereocenters. The van der Waals surface area contributed by atoms with Crippen molar-refractivity contribution in [2.45, 2.75) is 26.0 Å². The summed E-state index contributed by atoms with van der Waals surface area (Å²) in [6.07, 6.45) is 6.01. The molecule has 0 radical (unpaired) electrons. The quantitative estimate of drug-likeness (QED) is 0.774. The number of hydrogen-bond donors (Lipinski definition) is 1. The van der Waals surface area contributed by atoms with Gasteiger partial charge in [0.15, 0.2) is 0 Å². The van der Waals surface area contributed by atoms with Gasteiger partial charge in [-0.25, -0.2) is 4.98 Å². The molecule has 24 heavy (non-hydrogen) atoms. The normalized spacial score (nSPS) is 13.6. The number of hydrogen-bond acceptors (Lipinski definition) is 3. The lowest BCUT2D eigenvalue weighted by Gasteiger charge is -2.31. The molecular weight excluding hydrogens is 298 g/mol. The van der Waals surface area contributed by atoms with Crippen molar-refractivity contribution in [3.63, 3.8) is 0 Å². The molecule has 0 fully saturated rings. The molecule has 122 valence electrons. The van der Waals surface area contributed by atoms with E-state index in [1.165, 1.54) is 23.2 Å². The summed E-state index contributed by atoms with van der Waals surface area (Å²) < 4.78 is 5.99. The van der Waals surface area contributed by atoms with Crippen LogP contribution < -0.4 is 9.64 Å². The van der Waals surface area contributed by atoms with Crippen molar-refractivity contribution in [2.75, 3.05) is 11.4 Å². The largest absolute Gasteiger partial charge is 0.489 e. The van der Waals surface area contributed by atoms with Gasteiger partial charge in [-0.1, -0.05) is 36.4 Å². The molecule has 2 aromatic carbocycles. The average molecular weight is 319 g/mol. The van der Waals surface area contributed by atoms with Crippen LogP contribution in [-0.2, 0) is 19.6 Å². The molecule has 0 aliphatic carbocycles. The minimum Gasteiger partial charge on any atom is -0.489 e. The van der Waals surface area contributed by atoms with E-state index in [0.29, 0.717) is 6.61 Å². The minimum atomic E-state index is 0.596. The number of ether oxygens (including phenoxy) is 1.